The normalized spacial score (nSPS) is 15.4. The maximum Gasteiger partial charge on any atom is 0.319 e. The molecule has 0 saturated carbocycles. The molecule has 1 saturated heterocycles. The van der Waals surface area contributed by atoms with Gasteiger partial charge in [0.1, 0.15) is 11.6 Å². The maximum atomic E-state index is 12.9. The Kier molecular flexibility index (Phi) is 6.10. The molecule has 1 aliphatic rings. The number of aliphatic imine (C=N–C) groups is 1. The summed E-state index contributed by atoms with van der Waals surface area (Å²) in [4.78, 5) is 12.7. The van der Waals surface area contributed by atoms with E-state index in [0.29, 0.717) is 5.96 Å². The highest BCUT2D eigenvalue weighted by Crippen LogP contribution is 2.22. The molecule has 9 heteroatoms. The third kappa shape index (κ3) is 4.47. The number of nitrogens with one attached hydrogen (secondary N) is 1. The molecule has 27 heavy (non-hydrogen) atoms. The molecule has 1 aliphatic heterocycles. The second-order valence-electron chi connectivity index (χ2n) is 6.10. The van der Waals surface area contributed by atoms with E-state index in [9.17, 15) is 8.78 Å². The lowest BCUT2D eigenvalue weighted by Crippen LogP contribution is -2.52. The molecule has 1 N–H and O–H groups in total. The van der Waals surface area contributed by atoms with Crippen LogP contribution in [0.4, 0.5) is 14.5 Å². The van der Waals surface area contributed by atoms with E-state index in [4.69, 9.17) is 4.74 Å². The van der Waals surface area contributed by atoms with Gasteiger partial charge in [-0.1, -0.05) is 6.07 Å². The number of imidazole rings is 1. The Bertz CT molecular complexity index is 771. The summed E-state index contributed by atoms with van der Waals surface area (Å²) >= 11 is 0. The van der Waals surface area contributed by atoms with Crippen LogP contribution in [0.1, 0.15) is 12.4 Å². The van der Waals surface area contributed by atoms with Crippen molar-refractivity contribution in [1.82, 2.24) is 19.8 Å². The fraction of sp³-hybridized carbons (Fsp3) is 0.444. The molecule has 0 spiro atoms. The Morgan fingerprint density at radius 1 is 1.30 bits per heavy atom. The van der Waals surface area contributed by atoms with Crippen molar-refractivity contribution in [1.29, 1.82) is 0 Å². The third-order valence-corrected chi connectivity index (χ3v) is 4.57. The molecular weight excluding hydrogens is 354 g/mol. The summed E-state index contributed by atoms with van der Waals surface area (Å²) in [5.41, 5.74) is 1.12. The fourth-order valence-electron chi connectivity index (χ4n) is 3.13. The SMILES string of the molecule is CN=C(NCc1nccn1C(F)F)N1CCN(c2cccc(OC)c2)CC1. The summed E-state index contributed by atoms with van der Waals surface area (Å²) in [6.45, 7) is 0.817. The van der Waals surface area contributed by atoms with Crippen LogP contribution in [0.5, 0.6) is 5.75 Å². The average molecular weight is 378 g/mol. The van der Waals surface area contributed by atoms with E-state index < -0.39 is 6.55 Å². The molecule has 0 aliphatic carbocycles. The maximum absolute atomic E-state index is 12.9. The summed E-state index contributed by atoms with van der Waals surface area (Å²) in [6, 6.07) is 7.99. The summed E-state index contributed by atoms with van der Waals surface area (Å²) < 4.78 is 32.0. The molecule has 2 heterocycles. The second kappa shape index (κ2) is 8.70. The first kappa shape index (κ1) is 18.9. The quantitative estimate of drug-likeness (QED) is 0.639. The number of nitrogens with zero attached hydrogens (tertiary/aromatic N) is 5. The van der Waals surface area contributed by atoms with Crippen molar-refractivity contribution in [2.45, 2.75) is 13.1 Å². The van der Waals surface area contributed by atoms with E-state index in [0.717, 1.165) is 42.2 Å². The smallest absolute Gasteiger partial charge is 0.319 e. The Balaban J connectivity index is 1.56. The van der Waals surface area contributed by atoms with E-state index in [2.05, 4.69) is 31.2 Å². The zero-order valence-corrected chi connectivity index (χ0v) is 15.5. The monoisotopic (exact) mass is 378 g/mol. The molecule has 2 aromatic rings. The van der Waals surface area contributed by atoms with Crippen molar-refractivity contribution in [3.63, 3.8) is 0 Å². The van der Waals surface area contributed by atoms with Crippen molar-refractivity contribution >= 4 is 11.6 Å². The standard InChI is InChI=1S/C18H24F2N6O/c1-21-18(23-13-16-22-6-7-26(16)17(19)20)25-10-8-24(9-11-25)14-4-3-5-15(12-14)27-2/h3-7,12,17H,8-11,13H2,1-2H3,(H,21,23). The fourth-order valence-corrected chi connectivity index (χ4v) is 3.13. The van der Waals surface area contributed by atoms with E-state index in [1.54, 1.807) is 14.2 Å². The summed E-state index contributed by atoms with van der Waals surface area (Å²) in [5.74, 6) is 1.80. The number of alkyl halides is 2. The van der Waals surface area contributed by atoms with Gasteiger partial charge in [-0.3, -0.25) is 9.56 Å². The Labute approximate surface area is 157 Å². The van der Waals surface area contributed by atoms with Gasteiger partial charge in [-0.05, 0) is 12.1 Å². The lowest BCUT2D eigenvalue weighted by molar-refractivity contribution is 0.0668. The molecule has 0 amide bonds. The third-order valence-electron chi connectivity index (χ3n) is 4.57. The van der Waals surface area contributed by atoms with Gasteiger partial charge in [-0.2, -0.15) is 8.78 Å². The van der Waals surface area contributed by atoms with Crippen LogP contribution in [0.15, 0.2) is 41.7 Å². The van der Waals surface area contributed by atoms with Crippen LogP contribution < -0.4 is 15.0 Å². The zero-order chi connectivity index (χ0) is 19.2. The van der Waals surface area contributed by atoms with Crippen molar-refractivity contribution in [3.8, 4) is 5.75 Å². The number of piperazine rings is 1. The molecule has 1 aromatic heterocycles. The van der Waals surface area contributed by atoms with Gasteiger partial charge in [0, 0.05) is 57.4 Å². The Morgan fingerprint density at radius 3 is 2.74 bits per heavy atom. The van der Waals surface area contributed by atoms with E-state index >= 15 is 0 Å². The minimum absolute atomic E-state index is 0.195. The van der Waals surface area contributed by atoms with Gasteiger partial charge in [0.2, 0.25) is 0 Å². The predicted octanol–water partition coefficient (Wildman–Crippen LogP) is 2.18. The molecule has 0 radical (unpaired) electrons. The van der Waals surface area contributed by atoms with Gasteiger partial charge >= 0.3 is 6.55 Å². The lowest BCUT2D eigenvalue weighted by atomic mass is 10.2. The lowest BCUT2D eigenvalue weighted by Gasteiger charge is -2.37. The minimum Gasteiger partial charge on any atom is -0.497 e. The number of guanidine groups is 1. The highest BCUT2D eigenvalue weighted by Gasteiger charge is 2.21. The highest BCUT2D eigenvalue weighted by molar-refractivity contribution is 5.80. The van der Waals surface area contributed by atoms with Crippen LogP contribution in [-0.2, 0) is 6.54 Å². The van der Waals surface area contributed by atoms with E-state index in [-0.39, 0.29) is 12.4 Å². The number of ether oxygens (including phenoxy) is 1. The first-order valence-electron chi connectivity index (χ1n) is 8.77. The van der Waals surface area contributed by atoms with Crippen LogP contribution in [0.3, 0.4) is 0 Å². The molecule has 3 rings (SSSR count). The number of methoxy groups -OCH3 is 1. The Morgan fingerprint density at radius 2 is 2.07 bits per heavy atom. The van der Waals surface area contributed by atoms with Crippen molar-refractivity contribution < 1.29 is 13.5 Å². The zero-order valence-electron chi connectivity index (χ0n) is 15.5. The molecule has 0 bridgehead atoms. The van der Waals surface area contributed by atoms with Gasteiger partial charge in [0.25, 0.3) is 0 Å². The molecule has 1 aromatic carbocycles. The molecule has 146 valence electrons. The van der Waals surface area contributed by atoms with Crippen molar-refractivity contribution in [2.24, 2.45) is 4.99 Å². The highest BCUT2D eigenvalue weighted by atomic mass is 19.3. The molecule has 7 nitrogen and oxygen atoms in total. The summed E-state index contributed by atoms with van der Waals surface area (Å²) in [6.07, 6.45) is 2.65. The van der Waals surface area contributed by atoms with Gasteiger partial charge < -0.3 is 19.9 Å². The molecular formula is C18H24F2N6O. The average Bonchev–Trinajstić information content (AvgIpc) is 3.18. The topological polar surface area (TPSA) is 57.9 Å². The van der Waals surface area contributed by atoms with Crippen LogP contribution in [0.25, 0.3) is 0 Å². The largest absolute Gasteiger partial charge is 0.497 e. The molecule has 1 fully saturated rings. The minimum atomic E-state index is -2.60. The number of halogens is 2. The van der Waals surface area contributed by atoms with Crippen LogP contribution >= 0.6 is 0 Å². The first-order valence-corrected chi connectivity index (χ1v) is 8.77. The number of benzene rings is 1. The molecule has 0 atom stereocenters. The number of hydrogen-bond donors (Lipinski definition) is 1. The number of aromatic nitrogens is 2. The number of rotatable bonds is 5. The van der Waals surface area contributed by atoms with Crippen LogP contribution in [0, 0.1) is 0 Å². The van der Waals surface area contributed by atoms with Crippen molar-refractivity contribution in [2.75, 3.05) is 45.2 Å². The van der Waals surface area contributed by atoms with Crippen LogP contribution in [-0.4, -0.2) is 60.7 Å². The molecule has 0 unspecified atom stereocenters. The second-order valence-corrected chi connectivity index (χ2v) is 6.10. The first-order chi connectivity index (χ1) is 13.1. The van der Waals surface area contributed by atoms with E-state index in [1.165, 1.54) is 12.4 Å². The van der Waals surface area contributed by atoms with Crippen LogP contribution in [0.2, 0.25) is 0 Å². The number of hydrogen-bond acceptors (Lipinski definition) is 4. The van der Waals surface area contributed by atoms with Gasteiger partial charge in [0.15, 0.2) is 5.96 Å². The van der Waals surface area contributed by atoms with Crippen molar-refractivity contribution in [3.05, 3.63) is 42.5 Å². The van der Waals surface area contributed by atoms with Gasteiger partial charge in [-0.25, -0.2) is 4.98 Å². The van der Waals surface area contributed by atoms with E-state index in [1.807, 2.05) is 18.2 Å². The number of anilines is 1. The summed E-state index contributed by atoms with van der Waals surface area (Å²) in [7, 11) is 3.35. The Hall–Kier alpha value is -2.84. The predicted molar refractivity (Wildman–Crippen MR) is 100 cm³/mol. The van der Waals surface area contributed by atoms with Gasteiger partial charge in [0.05, 0.1) is 13.7 Å². The summed E-state index contributed by atoms with van der Waals surface area (Å²) in [5, 5.41) is 3.13. The van der Waals surface area contributed by atoms with Gasteiger partial charge in [-0.15, -0.1) is 0 Å².